The number of carboxylic acid groups (broad SMARTS) is 1. The number of amides is 1. The Morgan fingerprint density at radius 3 is 2.33 bits per heavy atom. The third kappa shape index (κ3) is 8.76. The van der Waals surface area contributed by atoms with Gasteiger partial charge in [0.2, 0.25) is 0 Å². The van der Waals surface area contributed by atoms with E-state index >= 15 is 0 Å². The van der Waals surface area contributed by atoms with Crippen LogP contribution in [0.2, 0.25) is 0 Å². The molecule has 1 unspecified atom stereocenters. The third-order valence-corrected chi connectivity index (χ3v) is 6.57. The fraction of sp³-hybridized carbons (Fsp3) is 0.333. The molecule has 0 aliphatic rings. The van der Waals surface area contributed by atoms with Gasteiger partial charge in [-0.15, -0.1) is 0 Å². The van der Waals surface area contributed by atoms with Crippen molar-refractivity contribution in [1.29, 1.82) is 0 Å². The molecule has 4 N–H and O–H groups in total. The molecule has 192 valence electrons. The highest BCUT2D eigenvalue weighted by Gasteiger charge is 2.22. The highest BCUT2D eigenvalue weighted by atomic mass is 32.2. The number of hydrogen-bond donors (Lipinski definition) is 3. The molecule has 3 aromatic rings. The van der Waals surface area contributed by atoms with Crippen LogP contribution in [0, 0.1) is 13.8 Å². The van der Waals surface area contributed by atoms with E-state index in [9.17, 15) is 14.7 Å². The van der Waals surface area contributed by atoms with Gasteiger partial charge < -0.3 is 16.2 Å². The summed E-state index contributed by atoms with van der Waals surface area (Å²) < 4.78 is 0. The van der Waals surface area contributed by atoms with Crippen LogP contribution in [0.25, 0.3) is 11.1 Å². The summed E-state index contributed by atoms with van der Waals surface area (Å²) in [5.74, 6) is -0.686. The van der Waals surface area contributed by atoms with Crippen LogP contribution in [0.1, 0.15) is 53.2 Å². The molecule has 6 heteroatoms. The smallest absolute Gasteiger partial charge is 0.326 e. The molecular formula is C30H38N2O3S. The Kier molecular flexibility index (Phi) is 12.1. The number of para-hydroxylation sites is 1. The van der Waals surface area contributed by atoms with Gasteiger partial charge in [-0.2, -0.15) is 11.8 Å². The molecule has 0 spiro atoms. The minimum absolute atomic E-state index is 0.355. The van der Waals surface area contributed by atoms with Crippen LogP contribution < -0.4 is 11.1 Å². The molecular weight excluding hydrogens is 468 g/mol. The molecule has 1 atom stereocenters. The summed E-state index contributed by atoms with van der Waals surface area (Å²) in [6, 6.07) is 20.7. The number of carbonyl (C=O) groups is 2. The van der Waals surface area contributed by atoms with Gasteiger partial charge in [-0.1, -0.05) is 73.5 Å². The van der Waals surface area contributed by atoms with Crippen molar-refractivity contribution in [3.05, 3.63) is 89.0 Å². The molecule has 0 saturated heterocycles. The number of aliphatic carboxylic acids is 1. The van der Waals surface area contributed by atoms with Crippen LogP contribution in [0.4, 0.5) is 5.69 Å². The molecule has 0 fully saturated rings. The van der Waals surface area contributed by atoms with E-state index in [0.717, 1.165) is 34.4 Å². The molecule has 0 radical (unpaired) electrons. The monoisotopic (exact) mass is 506 g/mol. The summed E-state index contributed by atoms with van der Waals surface area (Å²) in [6.45, 7) is 6.17. The van der Waals surface area contributed by atoms with E-state index < -0.39 is 12.0 Å². The molecule has 0 aliphatic carbocycles. The first kappa shape index (κ1) is 29.0. The summed E-state index contributed by atoms with van der Waals surface area (Å²) in [6.07, 6.45) is 5.89. The van der Waals surface area contributed by atoms with Crippen molar-refractivity contribution < 1.29 is 14.7 Å². The van der Waals surface area contributed by atoms with Gasteiger partial charge >= 0.3 is 5.97 Å². The largest absolute Gasteiger partial charge is 0.480 e. The van der Waals surface area contributed by atoms with Crippen molar-refractivity contribution in [3.63, 3.8) is 0 Å². The lowest BCUT2D eigenvalue weighted by molar-refractivity contribution is -0.139. The summed E-state index contributed by atoms with van der Waals surface area (Å²) in [5, 5.41) is 12.0. The van der Waals surface area contributed by atoms with E-state index in [1.807, 2.05) is 74.7 Å². The van der Waals surface area contributed by atoms with Crippen molar-refractivity contribution in [3.8, 4) is 11.1 Å². The van der Waals surface area contributed by atoms with Gasteiger partial charge in [0, 0.05) is 11.3 Å². The van der Waals surface area contributed by atoms with Crippen molar-refractivity contribution >= 4 is 29.3 Å². The number of nitrogens with two attached hydrogens (primary N) is 1. The molecule has 0 aliphatic heterocycles. The minimum atomic E-state index is -1.01. The van der Waals surface area contributed by atoms with Crippen LogP contribution in [0.3, 0.4) is 0 Å². The summed E-state index contributed by atoms with van der Waals surface area (Å²) >= 11 is 1.56. The van der Waals surface area contributed by atoms with Crippen molar-refractivity contribution in [2.75, 3.05) is 17.7 Å². The zero-order valence-corrected chi connectivity index (χ0v) is 22.5. The van der Waals surface area contributed by atoms with Gasteiger partial charge in [-0.05, 0) is 79.5 Å². The number of rotatable bonds is 10. The van der Waals surface area contributed by atoms with Gasteiger partial charge in [0.15, 0.2) is 0 Å². The lowest BCUT2D eigenvalue weighted by Gasteiger charge is -2.17. The van der Waals surface area contributed by atoms with E-state index in [0.29, 0.717) is 17.7 Å². The van der Waals surface area contributed by atoms with Crippen molar-refractivity contribution in [2.24, 2.45) is 0 Å². The van der Waals surface area contributed by atoms with Crippen LogP contribution >= 0.6 is 11.8 Å². The third-order valence-electron chi connectivity index (χ3n) is 5.92. The average Bonchev–Trinajstić information content (AvgIpc) is 2.86. The maximum absolute atomic E-state index is 12.8. The molecule has 3 aromatic carbocycles. The van der Waals surface area contributed by atoms with Crippen LogP contribution in [0.5, 0.6) is 0 Å². The Bertz CT molecular complexity index is 1150. The molecule has 1 amide bonds. The van der Waals surface area contributed by atoms with E-state index in [-0.39, 0.29) is 5.91 Å². The van der Waals surface area contributed by atoms with Gasteiger partial charge in [0.25, 0.3) is 5.91 Å². The lowest BCUT2D eigenvalue weighted by atomic mass is 9.94. The van der Waals surface area contributed by atoms with Crippen LogP contribution in [-0.2, 0) is 11.2 Å². The zero-order valence-electron chi connectivity index (χ0n) is 21.7. The molecule has 0 saturated carbocycles. The number of anilines is 1. The number of carboxylic acids is 1. The van der Waals surface area contributed by atoms with E-state index in [4.69, 9.17) is 5.73 Å². The first-order valence-corrected chi connectivity index (χ1v) is 13.7. The van der Waals surface area contributed by atoms with Crippen LogP contribution in [-0.4, -0.2) is 35.0 Å². The Morgan fingerprint density at radius 1 is 1.00 bits per heavy atom. The maximum Gasteiger partial charge on any atom is 0.326 e. The number of hydrogen-bond acceptors (Lipinski definition) is 4. The van der Waals surface area contributed by atoms with E-state index in [1.54, 1.807) is 17.8 Å². The zero-order chi connectivity index (χ0) is 26.5. The van der Waals surface area contributed by atoms with Crippen LogP contribution in [0.15, 0.2) is 66.7 Å². The number of nitrogens with one attached hydrogen (secondary N) is 1. The second-order valence-corrected chi connectivity index (χ2v) is 9.80. The second-order valence-electron chi connectivity index (χ2n) is 8.81. The Morgan fingerprint density at radius 2 is 1.69 bits per heavy atom. The highest BCUT2D eigenvalue weighted by Crippen LogP contribution is 2.28. The predicted octanol–water partition coefficient (Wildman–Crippen LogP) is 6.52. The minimum Gasteiger partial charge on any atom is -0.480 e. The quantitative estimate of drug-likeness (QED) is 0.272. The lowest BCUT2D eigenvalue weighted by Crippen LogP contribution is -2.41. The Labute approximate surface area is 219 Å². The molecule has 36 heavy (non-hydrogen) atoms. The first-order chi connectivity index (χ1) is 17.3. The maximum atomic E-state index is 12.8. The van der Waals surface area contributed by atoms with Gasteiger partial charge in [-0.25, -0.2) is 4.79 Å². The predicted molar refractivity (Wildman–Crippen MR) is 153 cm³/mol. The van der Waals surface area contributed by atoms with Crippen molar-refractivity contribution in [2.45, 2.75) is 52.5 Å². The van der Waals surface area contributed by atoms with E-state index in [1.165, 1.54) is 18.4 Å². The number of thioether (sulfide) groups is 1. The highest BCUT2D eigenvalue weighted by molar-refractivity contribution is 7.98. The topological polar surface area (TPSA) is 92.4 Å². The summed E-state index contributed by atoms with van der Waals surface area (Å²) in [5.41, 5.74) is 12.4. The summed E-state index contributed by atoms with van der Waals surface area (Å²) in [7, 11) is 0. The second kappa shape index (κ2) is 15.0. The molecule has 0 heterocycles. The number of aryl methyl sites for hydroxylation is 3. The molecule has 0 bridgehead atoms. The Hall–Kier alpha value is -3.25. The molecule has 0 aromatic heterocycles. The number of benzene rings is 3. The molecule has 3 rings (SSSR count). The summed E-state index contributed by atoms with van der Waals surface area (Å²) in [4.78, 5) is 24.2. The number of carbonyl (C=O) groups excluding carboxylic acids is 1. The number of unbranched alkanes of at least 4 members (excludes halogenated alkanes) is 1. The number of nitrogen functional groups attached to an aromatic ring is 1. The first-order valence-electron chi connectivity index (χ1n) is 12.3. The Balaban J connectivity index is 0.000000346. The average molecular weight is 507 g/mol. The standard InChI is InChI=1S/C20H23NO3S.C10H15N/c1-13-8-9-16(17(12-13)15-7-5-4-6-14(15)2)19(22)21-18(20(23)24)10-11-25-3;1-2-3-6-9-7-4-5-8-10(9)11/h4-9,12,18H,10-11H2,1-3H3,(H,21,22)(H,23,24);4-5,7-8H,2-3,6,11H2,1H3. The van der Waals surface area contributed by atoms with Gasteiger partial charge in [-0.3, -0.25) is 4.79 Å². The van der Waals surface area contributed by atoms with Gasteiger partial charge in [0.05, 0.1) is 0 Å². The fourth-order valence-electron chi connectivity index (χ4n) is 3.81. The van der Waals surface area contributed by atoms with E-state index in [2.05, 4.69) is 18.3 Å². The normalized spacial score (nSPS) is 11.2. The molecule has 5 nitrogen and oxygen atoms in total. The van der Waals surface area contributed by atoms with Gasteiger partial charge in [0.1, 0.15) is 6.04 Å². The fourth-order valence-corrected chi connectivity index (χ4v) is 4.28. The van der Waals surface area contributed by atoms with Crippen molar-refractivity contribution in [1.82, 2.24) is 5.32 Å². The SMILES string of the molecule is CCCCc1ccccc1N.CSCCC(NC(=O)c1ccc(C)cc1-c1ccccc1C)C(=O)O.